The summed E-state index contributed by atoms with van der Waals surface area (Å²) in [5.41, 5.74) is 6.63. The van der Waals surface area contributed by atoms with Crippen LogP contribution in [0.2, 0.25) is 0 Å². The molecule has 0 unspecified atom stereocenters. The maximum atomic E-state index is 5.86. The Morgan fingerprint density at radius 2 is 1.19 bits per heavy atom. The SMILES string of the molecule is COc1cc(N(c2ccccc2)c2ccccc2)cc(OC)c1-c1ccc2nsnc2c1. The van der Waals surface area contributed by atoms with Crippen LogP contribution >= 0.6 is 11.7 Å². The van der Waals surface area contributed by atoms with Crippen LogP contribution in [-0.2, 0) is 0 Å². The molecule has 5 aromatic rings. The number of aromatic nitrogens is 2. The second kappa shape index (κ2) is 8.69. The topological polar surface area (TPSA) is 47.5 Å². The van der Waals surface area contributed by atoms with Crippen LogP contribution in [0.15, 0.2) is 91.0 Å². The lowest BCUT2D eigenvalue weighted by Gasteiger charge is -2.27. The van der Waals surface area contributed by atoms with E-state index in [1.165, 1.54) is 11.7 Å². The fourth-order valence-electron chi connectivity index (χ4n) is 3.85. The van der Waals surface area contributed by atoms with Crippen molar-refractivity contribution in [3.05, 3.63) is 91.0 Å². The Labute approximate surface area is 190 Å². The van der Waals surface area contributed by atoms with Crippen molar-refractivity contribution in [2.75, 3.05) is 19.1 Å². The number of ether oxygens (including phenoxy) is 2. The third-order valence-electron chi connectivity index (χ3n) is 5.32. The Kier molecular flexibility index (Phi) is 5.44. The number of nitrogens with zero attached hydrogens (tertiary/aromatic N) is 3. The molecule has 5 rings (SSSR count). The standard InChI is InChI=1S/C26H21N3O2S/c1-30-24-16-21(29(19-9-5-3-6-10-19)20-11-7-4-8-12-20)17-25(31-2)26(24)18-13-14-22-23(15-18)28-32-27-22/h3-17H,1-2H3. The van der Waals surface area contributed by atoms with Crippen molar-refractivity contribution >= 4 is 39.8 Å². The van der Waals surface area contributed by atoms with Crippen molar-refractivity contribution in [1.29, 1.82) is 0 Å². The minimum Gasteiger partial charge on any atom is -0.496 e. The van der Waals surface area contributed by atoms with Crippen molar-refractivity contribution in [1.82, 2.24) is 8.75 Å². The lowest BCUT2D eigenvalue weighted by Crippen LogP contribution is -2.10. The predicted molar refractivity (Wildman–Crippen MR) is 131 cm³/mol. The molecule has 6 heteroatoms. The fourth-order valence-corrected chi connectivity index (χ4v) is 4.37. The van der Waals surface area contributed by atoms with Gasteiger partial charge in [0.1, 0.15) is 22.5 Å². The van der Waals surface area contributed by atoms with Gasteiger partial charge >= 0.3 is 0 Å². The number of hydrogen-bond acceptors (Lipinski definition) is 6. The molecule has 0 fully saturated rings. The molecule has 0 aliphatic rings. The zero-order chi connectivity index (χ0) is 21.9. The molecular weight excluding hydrogens is 418 g/mol. The second-order valence-electron chi connectivity index (χ2n) is 7.20. The Morgan fingerprint density at radius 1 is 0.625 bits per heavy atom. The van der Waals surface area contributed by atoms with Crippen molar-refractivity contribution in [3.8, 4) is 22.6 Å². The third-order valence-corrected chi connectivity index (χ3v) is 5.88. The molecule has 1 aromatic heterocycles. The van der Waals surface area contributed by atoms with E-state index in [0.29, 0.717) is 0 Å². The summed E-state index contributed by atoms with van der Waals surface area (Å²) in [5, 5.41) is 0. The molecule has 0 aliphatic heterocycles. The van der Waals surface area contributed by atoms with Crippen LogP contribution in [0.4, 0.5) is 17.1 Å². The Bertz CT molecular complexity index is 1290. The van der Waals surface area contributed by atoms with E-state index in [9.17, 15) is 0 Å². The molecule has 0 bridgehead atoms. The van der Waals surface area contributed by atoms with E-state index in [-0.39, 0.29) is 0 Å². The first-order valence-corrected chi connectivity index (χ1v) is 10.9. The normalized spacial score (nSPS) is 10.8. The van der Waals surface area contributed by atoms with E-state index in [4.69, 9.17) is 9.47 Å². The fraction of sp³-hybridized carbons (Fsp3) is 0.0769. The minimum atomic E-state index is 0.721. The van der Waals surface area contributed by atoms with Crippen LogP contribution in [0.3, 0.4) is 0 Å². The van der Waals surface area contributed by atoms with E-state index in [0.717, 1.165) is 50.7 Å². The summed E-state index contributed by atoms with van der Waals surface area (Å²) in [5.74, 6) is 1.44. The molecule has 4 aromatic carbocycles. The summed E-state index contributed by atoms with van der Waals surface area (Å²) in [6.07, 6.45) is 0. The summed E-state index contributed by atoms with van der Waals surface area (Å²) in [7, 11) is 3.36. The summed E-state index contributed by atoms with van der Waals surface area (Å²) < 4.78 is 20.4. The van der Waals surface area contributed by atoms with E-state index in [2.05, 4.69) is 37.9 Å². The largest absolute Gasteiger partial charge is 0.496 e. The van der Waals surface area contributed by atoms with Gasteiger partial charge < -0.3 is 14.4 Å². The van der Waals surface area contributed by atoms with Gasteiger partial charge in [0.2, 0.25) is 0 Å². The van der Waals surface area contributed by atoms with Crippen LogP contribution in [0.5, 0.6) is 11.5 Å². The quantitative estimate of drug-likeness (QED) is 0.290. The van der Waals surface area contributed by atoms with Crippen molar-refractivity contribution in [2.45, 2.75) is 0 Å². The van der Waals surface area contributed by atoms with E-state index in [1.807, 2.05) is 66.7 Å². The zero-order valence-corrected chi connectivity index (χ0v) is 18.5. The highest BCUT2D eigenvalue weighted by molar-refractivity contribution is 7.00. The van der Waals surface area contributed by atoms with Crippen LogP contribution in [-0.4, -0.2) is 23.0 Å². The van der Waals surface area contributed by atoms with Gasteiger partial charge in [0.25, 0.3) is 0 Å². The van der Waals surface area contributed by atoms with Gasteiger partial charge in [0.05, 0.1) is 37.2 Å². The molecule has 0 radical (unpaired) electrons. The van der Waals surface area contributed by atoms with E-state index in [1.54, 1.807) is 14.2 Å². The van der Waals surface area contributed by atoms with Crippen molar-refractivity contribution in [3.63, 3.8) is 0 Å². The van der Waals surface area contributed by atoms with Crippen LogP contribution in [0.25, 0.3) is 22.2 Å². The monoisotopic (exact) mass is 439 g/mol. The van der Waals surface area contributed by atoms with Gasteiger partial charge in [0, 0.05) is 23.5 Å². The van der Waals surface area contributed by atoms with Gasteiger partial charge in [-0.05, 0) is 42.0 Å². The number of methoxy groups -OCH3 is 2. The van der Waals surface area contributed by atoms with Crippen LogP contribution in [0.1, 0.15) is 0 Å². The molecule has 32 heavy (non-hydrogen) atoms. The summed E-state index contributed by atoms with van der Waals surface area (Å²) in [6, 6.07) is 30.6. The van der Waals surface area contributed by atoms with Gasteiger partial charge in [-0.2, -0.15) is 8.75 Å². The Morgan fingerprint density at radius 3 is 1.75 bits per heavy atom. The first-order chi connectivity index (χ1) is 15.8. The van der Waals surface area contributed by atoms with Crippen LogP contribution < -0.4 is 14.4 Å². The van der Waals surface area contributed by atoms with Gasteiger partial charge in [-0.3, -0.25) is 0 Å². The van der Waals surface area contributed by atoms with Crippen molar-refractivity contribution in [2.24, 2.45) is 0 Å². The molecule has 0 aliphatic carbocycles. The maximum Gasteiger partial charge on any atom is 0.132 e. The molecule has 5 nitrogen and oxygen atoms in total. The van der Waals surface area contributed by atoms with Crippen molar-refractivity contribution < 1.29 is 9.47 Å². The Hall–Kier alpha value is -3.90. The van der Waals surface area contributed by atoms with E-state index < -0.39 is 0 Å². The maximum absolute atomic E-state index is 5.86. The molecule has 0 spiro atoms. The number of para-hydroxylation sites is 2. The first-order valence-electron chi connectivity index (χ1n) is 10.2. The summed E-state index contributed by atoms with van der Waals surface area (Å²) in [4.78, 5) is 2.18. The average molecular weight is 440 g/mol. The molecule has 0 amide bonds. The lowest BCUT2D eigenvalue weighted by atomic mass is 10.0. The number of fused-ring (bicyclic) bond motifs is 1. The number of rotatable bonds is 6. The molecule has 1 heterocycles. The molecular formula is C26H21N3O2S. The third kappa shape index (κ3) is 3.65. The highest BCUT2D eigenvalue weighted by Gasteiger charge is 2.20. The number of benzene rings is 4. The van der Waals surface area contributed by atoms with Gasteiger partial charge in [-0.25, -0.2) is 0 Å². The zero-order valence-electron chi connectivity index (χ0n) is 17.7. The van der Waals surface area contributed by atoms with Crippen LogP contribution in [0, 0.1) is 0 Å². The molecule has 158 valence electrons. The molecule has 0 N–H and O–H groups in total. The summed E-state index contributed by atoms with van der Waals surface area (Å²) >= 11 is 1.21. The molecule has 0 atom stereocenters. The highest BCUT2D eigenvalue weighted by Crippen LogP contribution is 2.45. The smallest absolute Gasteiger partial charge is 0.132 e. The predicted octanol–water partition coefficient (Wildman–Crippen LogP) is 6.85. The second-order valence-corrected chi connectivity index (χ2v) is 7.73. The first kappa shape index (κ1) is 20.0. The van der Waals surface area contributed by atoms with Gasteiger partial charge in [-0.15, -0.1) is 0 Å². The van der Waals surface area contributed by atoms with E-state index >= 15 is 0 Å². The highest BCUT2D eigenvalue weighted by atomic mass is 32.1. The average Bonchev–Trinajstić information content (AvgIpc) is 3.33. The van der Waals surface area contributed by atoms with Gasteiger partial charge in [0.15, 0.2) is 0 Å². The van der Waals surface area contributed by atoms with Gasteiger partial charge in [-0.1, -0.05) is 42.5 Å². The lowest BCUT2D eigenvalue weighted by molar-refractivity contribution is 0.397. The number of hydrogen-bond donors (Lipinski definition) is 0. The summed E-state index contributed by atoms with van der Waals surface area (Å²) in [6.45, 7) is 0. The molecule has 0 saturated carbocycles. The minimum absolute atomic E-state index is 0.721. The molecule has 0 saturated heterocycles. The Balaban J connectivity index is 1.70. The number of anilines is 3.